The molecule has 2 rings (SSSR count). The number of hydrogen-bond acceptors (Lipinski definition) is 4. The molecule has 0 aliphatic rings. The van der Waals surface area contributed by atoms with Crippen molar-refractivity contribution in [2.24, 2.45) is 0 Å². The van der Waals surface area contributed by atoms with Gasteiger partial charge in [0.2, 0.25) is 0 Å². The van der Waals surface area contributed by atoms with Crippen LogP contribution in [-0.4, -0.2) is 19.3 Å². The lowest BCUT2D eigenvalue weighted by Gasteiger charge is -2.08. The van der Waals surface area contributed by atoms with Crippen LogP contribution in [0.2, 0.25) is 0 Å². The minimum atomic E-state index is 0.169. The van der Waals surface area contributed by atoms with Crippen molar-refractivity contribution in [3.63, 3.8) is 0 Å². The predicted octanol–water partition coefficient (Wildman–Crippen LogP) is 3.47. The van der Waals surface area contributed by atoms with E-state index in [9.17, 15) is 10.4 Å². The Labute approximate surface area is 123 Å². The van der Waals surface area contributed by atoms with Gasteiger partial charge in [0.15, 0.2) is 11.5 Å². The third kappa shape index (κ3) is 3.34. The number of aromatic hydroxyl groups is 1. The molecule has 0 aromatic heterocycles. The fourth-order valence-corrected chi connectivity index (χ4v) is 1.93. The topological polar surface area (TPSA) is 62.5 Å². The predicted molar refractivity (Wildman–Crippen MR) is 81.1 cm³/mol. The van der Waals surface area contributed by atoms with Gasteiger partial charge in [-0.3, -0.25) is 0 Å². The normalized spacial score (nSPS) is 10.8. The van der Waals surface area contributed by atoms with Gasteiger partial charge >= 0.3 is 0 Å². The largest absolute Gasteiger partial charge is 0.508 e. The van der Waals surface area contributed by atoms with Crippen molar-refractivity contribution >= 4 is 11.6 Å². The molecule has 2 aromatic carbocycles. The molecule has 1 N–H and O–H groups in total. The highest BCUT2D eigenvalue weighted by molar-refractivity contribution is 5.89. The number of nitrogens with zero attached hydrogens (tertiary/aromatic N) is 1. The third-order valence-electron chi connectivity index (χ3n) is 3.02. The van der Waals surface area contributed by atoms with Gasteiger partial charge in [-0.2, -0.15) is 5.26 Å². The number of phenolic OH excluding ortho intramolecular Hbond substituents is 1. The maximum Gasteiger partial charge on any atom is 0.161 e. The number of methoxy groups -OCH3 is 2. The first-order valence-electron chi connectivity index (χ1n) is 6.31. The Morgan fingerprint density at radius 2 is 1.71 bits per heavy atom. The quantitative estimate of drug-likeness (QED) is 0.688. The SMILES string of the molecule is COc1ccc(/C=C(\C#N)c2ccc(O)cc2)cc1OC. The lowest BCUT2D eigenvalue weighted by atomic mass is 10.0. The maximum absolute atomic E-state index is 9.30. The fourth-order valence-electron chi connectivity index (χ4n) is 1.93. The summed E-state index contributed by atoms with van der Waals surface area (Å²) < 4.78 is 10.4. The molecule has 106 valence electrons. The van der Waals surface area contributed by atoms with E-state index in [2.05, 4.69) is 6.07 Å². The van der Waals surface area contributed by atoms with Crippen molar-refractivity contribution < 1.29 is 14.6 Å². The van der Waals surface area contributed by atoms with Crippen LogP contribution < -0.4 is 9.47 Å². The highest BCUT2D eigenvalue weighted by Gasteiger charge is 2.05. The van der Waals surface area contributed by atoms with Crippen LogP contribution in [0.4, 0.5) is 0 Å². The molecule has 0 radical (unpaired) electrons. The van der Waals surface area contributed by atoms with Crippen molar-refractivity contribution in [1.29, 1.82) is 5.26 Å². The zero-order valence-corrected chi connectivity index (χ0v) is 11.8. The van der Waals surface area contributed by atoms with Crippen LogP contribution in [0, 0.1) is 11.3 Å². The van der Waals surface area contributed by atoms with Crippen LogP contribution in [0.3, 0.4) is 0 Å². The molecule has 0 atom stereocenters. The molecule has 0 unspecified atom stereocenters. The Morgan fingerprint density at radius 3 is 2.29 bits per heavy atom. The van der Waals surface area contributed by atoms with E-state index in [1.54, 1.807) is 56.7 Å². The molecule has 0 saturated heterocycles. The van der Waals surface area contributed by atoms with E-state index in [1.807, 2.05) is 6.07 Å². The molecular formula is C17H15NO3. The molecule has 4 nitrogen and oxygen atoms in total. The van der Waals surface area contributed by atoms with Gasteiger partial charge in [-0.15, -0.1) is 0 Å². The highest BCUT2D eigenvalue weighted by Crippen LogP contribution is 2.29. The second-order valence-electron chi connectivity index (χ2n) is 4.33. The van der Waals surface area contributed by atoms with E-state index in [0.717, 1.165) is 11.1 Å². The Hall–Kier alpha value is -2.93. The van der Waals surface area contributed by atoms with Gasteiger partial charge in [-0.25, -0.2) is 0 Å². The number of benzene rings is 2. The van der Waals surface area contributed by atoms with E-state index in [-0.39, 0.29) is 5.75 Å². The van der Waals surface area contributed by atoms with Crippen molar-refractivity contribution in [2.45, 2.75) is 0 Å². The van der Waals surface area contributed by atoms with E-state index < -0.39 is 0 Å². The van der Waals surface area contributed by atoms with Crippen LogP contribution in [0.15, 0.2) is 42.5 Å². The van der Waals surface area contributed by atoms with Gasteiger partial charge in [-0.05, 0) is 53.6 Å². The first kappa shape index (κ1) is 14.5. The lowest BCUT2D eigenvalue weighted by molar-refractivity contribution is 0.355. The first-order valence-corrected chi connectivity index (χ1v) is 6.31. The summed E-state index contributed by atoms with van der Waals surface area (Å²) in [7, 11) is 3.14. The minimum absolute atomic E-state index is 0.169. The van der Waals surface area contributed by atoms with Crippen molar-refractivity contribution in [2.75, 3.05) is 14.2 Å². The lowest BCUT2D eigenvalue weighted by Crippen LogP contribution is -1.90. The second kappa shape index (κ2) is 6.49. The first-order chi connectivity index (χ1) is 10.2. The molecule has 2 aromatic rings. The smallest absolute Gasteiger partial charge is 0.161 e. The monoisotopic (exact) mass is 281 g/mol. The summed E-state index contributed by atoms with van der Waals surface area (Å²) in [6.45, 7) is 0. The van der Waals surface area contributed by atoms with Gasteiger partial charge in [-0.1, -0.05) is 6.07 Å². The number of hydrogen-bond donors (Lipinski definition) is 1. The molecule has 0 fully saturated rings. The van der Waals surface area contributed by atoms with Crippen LogP contribution in [0.5, 0.6) is 17.2 Å². The Morgan fingerprint density at radius 1 is 1.05 bits per heavy atom. The van der Waals surface area contributed by atoms with E-state index >= 15 is 0 Å². The molecule has 0 spiro atoms. The Bertz CT molecular complexity index is 697. The van der Waals surface area contributed by atoms with E-state index in [1.165, 1.54) is 0 Å². The van der Waals surface area contributed by atoms with Crippen LogP contribution in [-0.2, 0) is 0 Å². The number of nitriles is 1. The molecule has 0 saturated carbocycles. The van der Waals surface area contributed by atoms with Gasteiger partial charge in [0.25, 0.3) is 0 Å². The van der Waals surface area contributed by atoms with Crippen molar-refractivity contribution in [1.82, 2.24) is 0 Å². The maximum atomic E-state index is 9.30. The van der Waals surface area contributed by atoms with E-state index in [4.69, 9.17) is 9.47 Å². The summed E-state index contributed by atoms with van der Waals surface area (Å²) in [6, 6.07) is 14.1. The molecular weight excluding hydrogens is 266 g/mol. The zero-order chi connectivity index (χ0) is 15.2. The summed E-state index contributed by atoms with van der Waals surface area (Å²) >= 11 is 0. The molecule has 4 heteroatoms. The summed E-state index contributed by atoms with van der Waals surface area (Å²) in [5, 5.41) is 18.6. The average molecular weight is 281 g/mol. The third-order valence-corrected chi connectivity index (χ3v) is 3.02. The summed E-state index contributed by atoms with van der Waals surface area (Å²) in [6.07, 6.45) is 1.76. The molecule has 0 aliphatic heterocycles. The zero-order valence-electron chi connectivity index (χ0n) is 11.8. The van der Waals surface area contributed by atoms with Gasteiger partial charge in [0, 0.05) is 0 Å². The number of rotatable bonds is 4. The molecule has 21 heavy (non-hydrogen) atoms. The molecule has 0 aliphatic carbocycles. The Kier molecular flexibility index (Phi) is 4.47. The fraction of sp³-hybridized carbons (Fsp3) is 0.118. The van der Waals surface area contributed by atoms with Crippen molar-refractivity contribution in [3.05, 3.63) is 53.6 Å². The molecule has 0 heterocycles. The standard InChI is InChI=1S/C17H15NO3/c1-20-16-8-3-12(10-17(16)21-2)9-14(11-18)13-4-6-15(19)7-5-13/h3-10,19H,1-2H3/b14-9+. The molecule has 0 bridgehead atoms. The second-order valence-corrected chi connectivity index (χ2v) is 4.33. The van der Waals surface area contributed by atoms with Crippen LogP contribution >= 0.6 is 0 Å². The number of ether oxygens (including phenoxy) is 2. The van der Waals surface area contributed by atoms with Gasteiger partial charge < -0.3 is 14.6 Å². The average Bonchev–Trinajstić information content (AvgIpc) is 2.53. The highest BCUT2D eigenvalue weighted by atomic mass is 16.5. The summed E-state index contributed by atoms with van der Waals surface area (Å²) in [5.74, 6) is 1.41. The van der Waals surface area contributed by atoms with Gasteiger partial charge in [0.1, 0.15) is 5.75 Å². The summed E-state index contributed by atoms with van der Waals surface area (Å²) in [5.41, 5.74) is 2.07. The van der Waals surface area contributed by atoms with Crippen molar-refractivity contribution in [3.8, 4) is 23.3 Å². The van der Waals surface area contributed by atoms with Gasteiger partial charge in [0.05, 0.1) is 25.9 Å². The van der Waals surface area contributed by atoms with Crippen LogP contribution in [0.1, 0.15) is 11.1 Å². The minimum Gasteiger partial charge on any atom is -0.508 e. The summed E-state index contributed by atoms with van der Waals surface area (Å²) in [4.78, 5) is 0. The molecule has 0 amide bonds. The number of phenols is 1. The van der Waals surface area contributed by atoms with E-state index in [0.29, 0.717) is 17.1 Å². The van der Waals surface area contributed by atoms with Crippen LogP contribution in [0.25, 0.3) is 11.6 Å². The number of allylic oxidation sites excluding steroid dienone is 1. The Balaban J connectivity index is 2.41.